The average molecular weight is 282 g/mol. The van der Waals surface area contributed by atoms with Crippen LogP contribution in [0.25, 0.3) is 0 Å². The number of aromatic amines is 1. The molecule has 1 aromatic heterocycles. The van der Waals surface area contributed by atoms with Crippen molar-refractivity contribution in [2.45, 2.75) is 0 Å². The van der Waals surface area contributed by atoms with E-state index in [1.807, 2.05) is 0 Å². The first-order valence-electron chi connectivity index (χ1n) is 5.38. The molecule has 19 heavy (non-hydrogen) atoms. The summed E-state index contributed by atoms with van der Waals surface area (Å²) in [7, 11) is 0. The number of aromatic nitrogens is 2. The first-order chi connectivity index (χ1) is 9.08. The monoisotopic (exact) mass is 282 g/mol. The van der Waals surface area contributed by atoms with Crippen LogP contribution in [0.5, 0.6) is 0 Å². The zero-order chi connectivity index (χ0) is 13.8. The molecule has 0 spiro atoms. The van der Waals surface area contributed by atoms with Gasteiger partial charge in [0.25, 0.3) is 16.7 Å². The smallest absolute Gasteiger partial charge is 0.288 e. The Hall–Kier alpha value is -2.16. The number of imide groups is 1. The van der Waals surface area contributed by atoms with Crippen LogP contribution in [0.4, 0.5) is 4.79 Å². The van der Waals surface area contributed by atoms with Gasteiger partial charge >= 0.3 is 0 Å². The third kappa shape index (κ3) is 3.19. The summed E-state index contributed by atoms with van der Waals surface area (Å²) in [6.07, 6.45) is 2.19. The fourth-order valence-corrected chi connectivity index (χ4v) is 2.19. The van der Waals surface area contributed by atoms with Gasteiger partial charge in [0, 0.05) is 19.3 Å². The Morgan fingerprint density at radius 3 is 2.84 bits per heavy atom. The van der Waals surface area contributed by atoms with E-state index in [2.05, 4.69) is 15.3 Å². The van der Waals surface area contributed by atoms with E-state index >= 15 is 0 Å². The van der Waals surface area contributed by atoms with Gasteiger partial charge in [-0.25, -0.2) is 4.98 Å². The molecule has 0 radical (unpaired) electrons. The molecular weight excluding hydrogens is 272 g/mol. The van der Waals surface area contributed by atoms with Crippen molar-refractivity contribution in [1.29, 1.82) is 0 Å². The van der Waals surface area contributed by atoms with E-state index in [9.17, 15) is 19.2 Å². The molecule has 2 heterocycles. The van der Waals surface area contributed by atoms with E-state index in [0.29, 0.717) is 0 Å². The molecule has 2 N–H and O–H groups in total. The molecule has 3 amide bonds. The van der Waals surface area contributed by atoms with Gasteiger partial charge in [-0.05, 0) is 0 Å². The van der Waals surface area contributed by atoms with E-state index in [-0.39, 0.29) is 35.7 Å². The van der Waals surface area contributed by atoms with Crippen LogP contribution in [0, 0.1) is 0 Å². The van der Waals surface area contributed by atoms with Crippen LogP contribution in [0.15, 0.2) is 17.2 Å². The summed E-state index contributed by atoms with van der Waals surface area (Å²) in [4.78, 5) is 52.0. The van der Waals surface area contributed by atoms with E-state index in [1.165, 1.54) is 6.20 Å². The molecule has 0 aliphatic carbocycles. The molecule has 1 aliphatic heterocycles. The topological polar surface area (TPSA) is 112 Å². The average Bonchev–Trinajstić information content (AvgIpc) is 2.71. The van der Waals surface area contributed by atoms with Gasteiger partial charge in [-0.15, -0.1) is 0 Å². The largest absolute Gasteiger partial charge is 0.349 e. The first-order valence-corrected chi connectivity index (χ1v) is 6.36. The maximum atomic E-state index is 11.6. The Labute approximate surface area is 111 Å². The minimum atomic E-state index is -0.483. The van der Waals surface area contributed by atoms with E-state index in [1.54, 1.807) is 0 Å². The Morgan fingerprint density at radius 1 is 1.47 bits per heavy atom. The molecule has 0 bridgehead atoms. The number of rotatable bonds is 4. The third-order valence-corrected chi connectivity index (χ3v) is 3.22. The van der Waals surface area contributed by atoms with Gasteiger partial charge in [-0.2, -0.15) is 0 Å². The molecule has 1 fully saturated rings. The zero-order valence-electron chi connectivity index (χ0n) is 9.71. The predicted octanol–water partition coefficient (Wildman–Crippen LogP) is -0.805. The molecule has 9 heteroatoms. The minimum Gasteiger partial charge on any atom is -0.349 e. The molecule has 0 atom stereocenters. The second kappa shape index (κ2) is 5.65. The number of H-pyrrole nitrogens is 1. The molecule has 8 nitrogen and oxygen atoms in total. The summed E-state index contributed by atoms with van der Waals surface area (Å²) in [5.41, 5.74) is -0.338. The van der Waals surface area contributed by atoms with Crippen molar-refractivity contribution in [3.05, 3.63) is 28.4 Å². The van der Waals surface area contributed by atoms with Crippen LogP contribution in [-0.4, -0.2) is 50.8 Å². The number of thioether (sulfide) groups is 1. The van der Waals surface area contributed by atoms with Crippen LogP contribution >= 0.6 is 11.8 Å². The highest BCUT2D eigenvalue weighted by molar-refractivity contribution is 8.14. The summed E-state index contributed by atoms with van der Waals surface area (Å²) in [6.45, 7) is 0.261. The summed E-state index contributed by atoms with van der Waals surface area (Å²) < 4.78 is 0. The van der Waals surface area contributed by atoms with Crippen molar-refractivity contribution in [2.75, 3.05) is 18.8 Å². The molecule has 2 rings (SSSR count). The number of carbonyl (C=O) groups excluding carboxylic acids is 3. The number of nitrogens with one attached hydrogen (secondary N) is 2. The summed E-state index contributed by atoms with van der Waals surface area (Å²) >= 11 is 0.943. The Balaban J connectivity index is 1.84. The van der Waals surface area contributed by atoms with Crippen LogP contribution < -0.4 is 10.9 Å². The van der Waals surface area contributed by atoms with E-state index < -0.39 is 11.5 Å². The maximum absolute atomic E-state index is 11.6. The fraction of sp³-hybridized carbons (Fsp3) is 0.300. The van der Waals surface area contributed by atoms with E-state index in [4.69, 9.17) is 0 Å². The highest BCUT2D eigenvalue weighted by Crippen LogP contribution is 2.17. The lowest BCUT2D eigenvalue weighted by Crippen LogP contribution is -2.37. The van der Waals surface area contributed by atoms with Crippen LogP contribution in [0.2, 0.25) is 0 Å². The van der Waals surface area contributed by atoms with Crippen molar-refractivity contribution in [3.8, 4) is 0 Å². The highest BCUT2D eigenvalue weighted by atomic mass is 32.2. The number of hydrogen-bond donors (Lipinski definition) is 2. The van der Waals surface area contributed by atoms with Gasteiger partial charge in [-0.1, -0.05) is 11.8 Å². The summed E-state index contributed by atoms with van der Waals surface area (Å²) in [5, 5.41) is 2.20. The van der Waals surface area contributed by atoms with E-state index in [0.717, 1.165) is 22.9 Å². The summed E-state index contributed by atoms with van der Waals surface area (Å²) in [5.74, 6) is -0.594. The molecule has 0 saturated carbocycles. The zero-order valence-corrected chi connectivity index (χ0v) is 10.5. The molecule has 0 aromatic carbocycles. The fourth-order valence-electron chi connectivity index (χ4n) is 1.44. The van der Waals surface area contributed by atoms with Crippen LogP contribution in [0.3, 0.4) is 0 Å². The Bertz CT molecular complexity index is 549. The molecule has 1 aliphatic rings. The van der Waals surface area contributed by atoms with Gasteiger partial charge in [-0.3, -0.25) is 24.1 Å². The van der Waals surface area contributed by atoms with Gasteiger partial charge < -0.3 is 10.3 Å². The molecular formula is C10H10N4O4S. The van der Waals surface area contributed by atoms with Crippen molar-refractivity contribution in [2.24, 2.45) is 0 Å². The normalized spacial score (nSPS) is 14.8. The quantitative estimate of drug-likeness (QED) is 0.747. The van der Waals surface area contributed by atoms with Crippen molar-refractivity contribution in [3.63, 3.8) is 0 Å². The second-order valence-corrected chi connectivity index (χ2v) is 4.58. The molecule has 0 unspecified atom stereocenters. The molecule has 100 valence electrons. The Morgan fingerprint density at radius 2 is 2.26 bits per heavy atom. The third-order valence-electron chi connectivity index (χ3n) is 2.37. The standard InChI is InChI=1S/C10H10N4O4S/c15-7-4-12-6(3-13-7)9(17)11-1-2-14-8(16)5-19-10(14)18/h3-4H,1-2,5H2,(H,11,17)(H,13,15). The van der Waals surface area contributed by atoms with Crippen molar-refractivity contribution >= 4 is 28.8 Å². The van der Waals surface area contributed by atoms with Crippen LogP contribution in [-0.2, 0) is 4.79 Å². The lowest BCUT2D eigenvalue weighted by Gasteiger charge is -2.12. The maximum Gasteiger partial charge on any atom is 0.288 e. The minimum absolute atomic E-state index is 0.0630. The van der Waals surface area contributed by atoms with Gasteiger partial charge in [0.15, 0.2) is 0 Å². The molecule has 1 aromatic rings. The number of carbonyl (C=O) groups is 3. The number of nitrogens with zero attached hydrogens (tertiary/aromatic N) is 2. The van der Waals surface area contributed by atoms with Gasteiger partial charge in [0.2, 0.25) is 5.91 Å². The molecule has 1 saturated heterocycles. The lowest BCUT2D eigenvalue weighted by molar-refractivity contribution is -0.124. The van der Waals surface area contributed by atoms with Gasteiger partial charge in [0.1, 0.15) is 5.69 Å². The van der Waals surface area contributed by atoms with Crippen molar-refractivity contribution < 1.29 is 14.4 Å². The van der Waals surface area contributed by atoms with Crippen LogP contribution in [0.1, 0.15) is 10.5 Å². The SMILES string of the molecule is O=C(NCCN1C(=O)CSC1=O)c1c[nH]c(=O)cn1. The summed E-state index contributed by atoms with van der Waals surface area (Å²) in [6, 6.07) is 0. The first kappa shape index (κ1) is 13.3. The highest BCUT2D eigenvalue weighted by Gasteiger charge is 2.29. The van der Waals surface area contributed by atoms with Crippen molar-refractivity contribution in [1.82, 2.24) is 20.2 Å². The van der Waals surface area contributed by atoms with Gasteiger partial charge in [0.05, 0.1) is 11.9 Å². The Kier molecular flexibility index (Phi) is 3.95. The lowest BCUT2D eigenvalue weighted by atomic mass is 10.4. The number of hydrogen-bond acceptors (Lipinski definition) is 6. The second-order valence-electron chi connectivity index (χ2n) is 3.65. The predicted molar refractivity (Wildman–Crippen MR) is 66.8 cm³/mol. The number of amides is 3.